The monoisotopic (exact) mass is 1020 g/mol. The Balaban J connectivity index is 0.000000239. The van der Waals surface area contributed by atoms with Crippen LogP contribution in [0.15, 0.2) is 132 Å². The average molecular weight is 1020 g/mol. The molecule has 9 aromatic rings. The van der Waals surface area contributed by atoms with E-state index in [9.17, 15) is 0 Å². The second-order valence-electron chi connectivity index (χ2n) is 18.9. The van der Waals surface area contributed by atoms with Crippen molar-refractivity contribution in [2.75, 3.05) is 0 Å². The number of benzene rings is 6. The van der Waals surface area contributed by atoms with E-state index >= 15 is 0 Å². The molecule has 0 spiro atoms. The van der Waals surface area contributed by atoms with Crippen LogP contribution in [0.1, 0.15) is 81.2 Å². The van der Waals surface area contributed by atoms with Gasteiger partial charge in [-0.05, 0) is 100 Å². The van der Waals surface area contributed by atoms with E-state index in [1.165, 1.54) is 44.3 Å². The van der Waals surface area contributed by atoms with E-state index in [2.05, 4.69) is 206 Å². The molecule has 0 N–H and O–H groups in total. The van der Waals surface area contributed by atoms with Gasteiger partial charge < -0.3 is 14.0 Å². The zero-order valence-corrected chi connectivity index (χ0v) is 42.0. The molecule has 0 amide bonds. The minimum absolute atomic E-state index is 0. The number of hydrogen-bond donors (Lipinski definition) is 0. The first-order valence-electron chi connectivity index (χ1n) is 22.2. The van der Waals surface area contributed by atoms with Crippen molar-refractivity contribution in [2.45, 2.75) is 93.3 Å². The summed E-state index contributed by atoms with van der Waals surface area (Å²) in [5, 5.41) is 3.75. The van der Waals surface area contributed by atoms with Gasteiger partial charge in [0.2, 0.25) is 0 Å². The number of hydrogen-bond acceptors (Lipinski definition) is 3. The average Bonchev–Trinajstić information content (AvgIpc) is 3.82. The van der Waals surface area contributed by atoms with E-state index in [4.69, 9.17) is 9.40 Å². The quantitative estimate of drug-likeness (QED) is 0.107. The Bertz CT molecular complexity index is 3000. The van der Waals surface area contributed by atoms with Crippen LogP contribution in [0.25, 0.3) is 72.4 Å². The number of furan rings is 1. The zero-order chi connectivity index (χ0) is 43.9. The molecule has 0 atom stereocenters. The molecule has 0 aliphatic heterocycles. The summed E-state index contributed by atoms with van der Waals surface area (Å²) in [6, 6.07) is 49.6. The van der Waals surface area contributed by atoms with Crippen molar-refractivity contribution in [2.24, 2.45) is 5.92 Å². The molecule has 0 fully saturated rings. The predicted octanol–water partition coefficient (Wildman–Crippen LogP) is 15.2. The van der Waals surface area contributed by atoms with E-state index in [0.29, 0.717) is 17.8 Å². The zero-order valence-electron chi connectivity index (χ0n) is 38.6. The fourth-order valence-corrected chi connectivity index (χ4v) is 10.4. The summed E-state index contributed by atoms with van der Waals surface area (Å²) >= 11 is 0. The second kappa shape index (κ2) is 18.8. The van der Waals surface area contributed by atoms with Crippen molar-refractivity contribution in [1.82, 2.24) is 14.5 Å². The molecule has 3 heterocycles. The van der Waals surface area contributed by atoms with Crippen LogP contribution in [0.2, 0.25) is 19.6 Å². The summed E-state index contributed by atoms with van der Waals surface area (Å²) in [7, 11) is -1.34. The summed E-state index contributed by atoms with van der Waals surface area (Å²) < 4.78 is 9.00. The van der Waals surface area contributed by atoms with Gasteiger partial charge in [0.05, 0.1) is 30.5 Å². The van der Waals surface area contributed by atoms with Gasteiger partial charge in [0.25, 0.3) is 0 Å². The number of nitrogens with zero attached hydrogens (tertiary/aromatic N) is 3. The van der Waals surface area contributed by atoms with Crippen LogP contribution >= 0.6 is 0 Å². The molecule has 9 rings (SSSR count). The van der Waals surface area contributed by atoms with Gasteiger partial charge in [0.15, 0.2) is 0 Å². The summed E-state index contributed by atoms with van der Waals surface area (Å²) in [5.74, 6) is 2.12. The van der Waals surface area contributed by atoms with Gasteiger partial charge in [-0.15, -0.1) is 53.6 Å². The van der Waals surface area contributed by atoms with Crippen molar-refractivity contribution in [3.8, 4) is 39.5 Å². The molecule has 0 unspecified atom stereocenters. The summed E-state index contributed by atoms with van der Waals surface area (Å²) in [5.41, 5.74) is 16.9. The van der Waals surface area contributed by atoms with Crippen LogP contribution in [-0.4, -0.2) is 22.6 Å². The summed E-state index contributed by atoms with van der Waals surface area (Å²) in [4.78, 5) is 9.97. The van der Waals surface area contributed by atoms with Gasteiger partial charge in [-0.2, -0.15) is 0 Å². The Labute approximate surface area is 389 Å². The van der Waals surface area contributed by atoms with Crippen molar-refractivity contribution in [1.29, 1.82) is 0 Å². The third-order valence-electron chi connectivity index (χ3n) is 11.8. The molecule has 4 nitrogen and oxygen atoms in total. The smallest absolute Gasteiger partial charge is 0.121 e. The molecular weight excluding hydrogens is 963 g/mol. The third kappa shape index (κ3) is 9.32. The topological polar surface area (TPSA) is 43.9 Å². The largest absolute Gasteiger partial charge is 0.501 e. The first-order valence-corrected chi connectivity index (χ1v) is 25.7. The number of aromatic nitrogens is 3. The van der Waals surface area contributed by atoms with E-state index in [0.717, 1.165) is 67.6 Å². The standard InChI is InChI=1S/C39H35N2O.C18H24NSi.Ir/c1-23(2)31-21-28(27-12-8-7-9-13-27)22-32(24(3)4)37(31)41-34-15-11-10-14-33(34)40-39(41)30-19-17-26(6)36-29-18-16-25(5)20-35(29)42-38(30)36;1-14(2)11-16-12-17(15-9-7-6-8-10-15)19-13-18(16)20(3,4)5;/h7-18,20-24H,1-6H3;6-9,12-14H,11H2,1-5H3;/q2*-1;. The van der Waals surface area contributed by atoms with E-state index in [-0.39, 0.29) is 20.1 Å². The summed E-state index contributed by atoms with van der Waals surface area (Å²) in [6.07, 6.45) is 3.24. The Hall–Kier alpha value is -5.39. The maximum absolute atomic E-state index is 6.63. The first-order chi connectivity index (χ1) is 29.7. The molecule has 3 aromatic heterocycles. The van der Waals surface area contributed by atoms with E-state index in [1.54, 1.807) is 0 Å². The fourth-order valence-electron chi connectivity index (χ4n) is 8.77. The number of pyridine rings is 1. The van der Waals surface area contributed by atoms with Crippen molar-refractivity contribution in [3.05, 3.63) is 167 Å². The molecule has 0 bridgehead atoms. The molecule has 63 heavy (non-hydrogen) atoms. The van der Waals surface area contributed by atoms with E-state index < -0.39 is 8.07 Å². The number of imidazole rings is 1. The molecule has 1 radical (unpaired) electrons. The van der Waals surface area contributed by atoms with Crippen molar-refractivity contribution in [3.63, 3.8) is 0 Å². The Morgan fingerprint density at radius 3 is 2.06 bits per heavy atom. The third-order valence-corrected chi connectivity index (χ3v) is 13.9. The minimum Gasteiger partial charge on any atom is -0.501 e. The normalized spacial score (nSPS) is 11.8. The molecule has 323 valence electrons. The van der Waals surface area contributed by atoms with Gasteiger partial charge >= 0.3 is 0 Å². The van der Waals surface area contributed by atoms with Gasteiger partial charge in [0.1, 0.15) is 5.58 Å². The Kier molecular flexibility index (Phi) is 13.6. The van der Waals surface area contributed by atoms with Crippen molar-refractivity contribution < 1.29 is 24.5 Å². The molecule has 0 aliphatic rings. The number of fused-ring (bicyclic) bond motifs is 4. The molecule has 0 aliphatic carbocycles. The van der Waals surface area contributed by atoms with Crippen LogP contribution in [0.4, 0.5) is 0 Å². The van der Waals surface area contributed by atoms with E-state index in [1.807, 2.05) is 18.2 Å². The van der Waals surface area contributed by atoms with Crippen LogP contribution in [0.5, 0.6) is 0 Å². The number of aryl methyl sites for hydroxylation is 2. The predicted molar refractivity (Wildman–Crippen MR) is 266 cm³/mol. The number of rotatable bonds is 9. The second-order valence-corrected chi connectivity index (χ2v) is 24.0. The molecular formula is C57H59IrN3OSi-2. The Morgan fingerprint density at radius 2 is 1.41 bits per heavy atom. The van der Waals surface area contributed by atoms with Crippen LogP contribution in [0, 0.1) is 31.9 Å². The molecule has 0 saturated carbocycles. The fraction of sp³-hybridized carbons (Fsp3) is 0.263. The van der Waals surface area contributed by atoms with Gasteiger partial charge in [-0.25, -0.2) is 0 Å². The molecule has 6 heteroatoms. The van der Waals surface area contributed by atoms with Gasteiger partial charge in [-0.1, -0.05) is 145 Å². The maximum atomic E-state index is 6.63. The molecule has 0 saturated heterocycles. The maximum Gasteiger partial charge on any atom is 0.121 e. The van der Waals surface area contributed by atoms with Gasteiger partial charge in [-0.3, -0.25) is 4.98 Å². The SMILES string of the molecule is CC(C)Cc1cc(-c2[c-]cccc2)ncc1[Si](C)(C)C.Cc1ccc2c(c1)oc1c(-c3nc4ccccc4n3-c3c(C(C)C)cc(-c4ccccc4)cc3C(C)C)[c-]cc(C)c12.[Ir]. The number of para-hydroxylation sites is 2. The van der Waals surface area contributed by atoms with Crippen LogP contribution in [0.3, 0.4) is 0 Å². The van der Waals surface area contributed by atoms with Crippen molar-refractivity contribution >= 4 is 46.2 Å². The summed E-state index contributed by atoms with van der Waals surface area (Å²) in [6.45, 7) is 25.1. The van der Waals surface area contributed by atoms with Gasteiger partial charge in [0, 0.05) is 37.4 Å². The van der Waals surface area contributed by atoms with Crippen LogP contribution < -0.4 is 5.19 Å². The first kappa shape index (κ1) is 45.6. The van der Waals surface area contributed by atoms with Crippen LogP contribution in [-0.2, 0) is 26.5 Å². The Morgan fingerprint density at radius 1 is 0.730 bits per heavy atom. The molecule has 6 aromatic carbocycles. The minimum atomic E-state index is -1.34.